The van der Waals surface area contributed by atoms with Crippen LogP contribution < -0.4 is 11.5 Å². The summed E-state index contributed by atoms with van der Waals surface area (Å²) in [5, 5.41) is 0. The monoisotopic (exact) mass is 322 g/mol. The molecule has 8 unspecified atom stereocenters. The van der Waals surface area contributed by atoms with E-state index in [2.05, 4.69) is 41.5 Å². The average Bonchev–Trinajstić information content (AvgIpc) is 2.52. The summed E-state index contributed by atoms with van der Waals surface area (Å²) in [6.07, 6.45) is 7.78. The van der Waals surface area contributed by atoms with E-state index in [0.29, 0.717) is 41.2 Å². The molecule has 0 amide bonds. The van der Waals surface area contributed by atoms with Gasteiger partial charge in [0, 0.05) is 12.1 Å². The summed E-state index contributed by atoms with van der Waals surface area (Å²) in [7, 11) is 0. The smallest absolute Gasteiger partial charge is 0.00931 e. The van der Waals surface area contributed by atoms with Gasteiger partial charge in [0.25, 0.3) is 0 Å². The van der Waals surface area contributed by atoms with E-state index >= 15 is 0 Å². The van der Waals surface area contributed by atoms with Crippen molar-refractivity contribution in [2.75, 3.05) is 0 Å². The fraction of sp³-hybridized carbons (Fsp3) is 1.00. The zero-order valence-corrected chi connectivity index (χ0v) is 16.5. The molecule has 0 heterocycles. The maximum absolute atomic E-state index is 6.48. The fourth-order valence-electron chi connectivity index (χ4n) is 5.80. The molecule has 4 N–H and O–H groups in total. The molecule has 0 aromatic rings. The minimum absolute atomic E-state index is 0.411. The highest BCUT2D eigenvalue weighted by Gasteiger charge is 2.46. The Hall–Kier alpha value is -0.0800. The van der Waals surface area contributed by atoms with Crippen LogP contribution in [-0.2, 0) is 0 Å². The third-order valence-corrected chi connectivity index (χ3v) is 8.04. The average molecular weight is 323 g/mol. The Balaban J connectivity index is 2.14. The van der Waals surface area contributed by atoms with Crippen molar-refractivity contribution in [3.63, 3.8) is 0 Å². The van der Waals surface area contributed by atoms with Crippen LogP contribution in [0.5, 0.6) is 0 Å². The Morgan fingerprint density at radius 2 is 1.09 bits per heavy atom. The topological polar surface area (TPSA) is 52.0 Å². The number of nitrogens with two attached hydrogens (primary N) is 2. The molecule has 0 bridgehead atoms. The Morgan fingerprint density at radius 3 is 1.39 bits per heavy atom. The Morgan fingerprint density at radius 1 is 0.739 bits per heavy atom. The van der Waals surface area contributed by atoms with Crippen LogP contribution in [0, 0.1) is 40.9 Å². The molecule has 2 aliphatic carbocycles. The molecule has 0 radical (unpaired) electrons. The van der Waals surface area contributed by atoms with Crippen molar-refractivity contribution in [1.82, 2.24) is 0 Å². The van der Waals surface area contributed by atoms with Gasteiger partial charge in [0.15, 0.2) is 0 Å². The zero-order valence-electron chi connectivity index (χ0n) is 16.5. The highest BCUT2D eigenvalue weighted by Crippen LogP contribution is 2.52. The number of hydrogen-bond acceptors (Lipinski definition) is 2. The maximum Gasteiger partial charge on any atom is 0.00931 e. The van der Waals surface area contributed by atoms with Gasteiger partial charge in [-0.2, -0.15) is 0 Å². The first-order valence-electron chi connectivity index (χ1n) is 10.2. The van der Waals surface area contributed by atoms with Crippen molar-refractivity contribution in [2.45, 2.75) is 92.2 Å². The quantitative estimate of drug-likeness (QED) is 0.780. The van der Waals surface area contributed by atoms with Crippen LogP contribution in [0.3, 0.4) is 0 Å². The molecule has 0 aromatic carbocycles. The minimum Gasteiger partial charge on any atom is -0.327 e. The van der Waals surface area contributed by atoms with Crippen LogP contribution in [0.1, 0.15) is 80.1 Å². The second-order valence-electron chi connectivity index (χ2n) is 9.60. The molecule has 2 heteroatoms. The number of hydrogen-bond donors (Lipinski definition) is 2. The van der Waals surface area contributed by atoms with E-state index in [1.54, 1.807) is 0 Å². The molecule has 2 aliphatic rings. The van der Waals surface area contributed by atoms with Gasteiger partial charge in [0.1, 0.15) is 0 Å². The predicted octanol–water partition coefficient (Wildman–Crippen LogP) is 4.81. The first kappa shape index (κ1) is 19.2. The lowest BCUT2D eigenvalue weighted by molar-refractivity contribution is -0.00724. The molecule has 2 rings (SSSR count). The lowest BCUT2D eigenvalue weighted by atomic mass is 9.54. The lowest BCUT2D eigenvalue weighted by Gasteiger charge is -2.52. The first-order valence-corrected chi connectivity index (χ1v) is 10.2. The molecule has 0 saturated heterocycles. The summed E-state index contributed by atoms with van der Waals surface area (Å²) in [5.74, 6) is 4.42. The van der Waals surface area contributed by atoms with Gasteiger partial charge in [-0.1, -0.05) is 54.4 Å². The number of rotatable bonds is 4. The summed E-state index contributed by atoms with van der Waals surface area (Å²) in [4.78, 5) is 0. The minimum atomic E-state index is 0.411. The Labute approximate surface area is 145 Å². The molecule has 0 spiro atoms. The second kappa shape index (κ2) is 7.44. The van der Waals surface area contributed by atoms with E-state index in [4.69, 9.17) is 11.5 Å². The van der Waals surface area contributed by atoms with Crippen LogP contribution in [0.2, 0.25) is 0 Å². The summed E-state index contributed by atoms with van der Waals surface area (Å²) in [5.41, 5.74) is 13.4. The molecule has 2 saturated carbocycles. The highest BCUT2D eigenvalue weighted by molar-refractivity contribution is 4.98. The van der Waals surface area contributed by atoms with Crippen molar-refractivity contribution < 1.29 is 0 Å². The van der Waals surface area contributed by atoms with E-state index in [1.807, 2.05) is 0 Å². The summed E-state index contributed by atoms with van der Waals surface area (Å²) in [6, 6.07) is 0.822. The van der Waals surface area contributed by atoms with Crippen LogP contribution >= 0.6 is 0 Å². The first-order chi connectivity index (χ1) is 10.7. The normalized spacial score (nSPS) is 45.9. The van der Waals surface area contributed by atoms with Crippen LogP contribution in [-0.4, -0.2) is 12.1 Å². The van der Waals surface area contributed by atoms with E-state index in [0.717, 1.165) is 11.8 Å². The zero-order chi connectivity index (χ0) is 17.4. The molecule has 23 heavy (non-hydrogen) atoms. The molecule has 0 aliphatic heterocycles. The van der Waals surface area contributed by atoms with Gasteiger partial charge in [-0.25, -0.2) is 0 Å². The van der Waals surface area contributed by atoms with Gasteiger partial charge in [-0.05, 0) is 66.6 Å². The predicted molar refractivity (Wildman–Crippen MR) is 101 cm³/mol. The Bertz CT molecular complexity index is 344. The van der Waals surface area contributed by atoms with Gasteiger partial charge in [0.05, 0.1) is 0 Å². The van der Waals surface area contributed by atoms with Crippen LogP contribution in [0.15, 0.2) is 0 Å². The van der Waals surface area contributed by atoms with Crippen molar-refractivity contribution in [2.24, 2.45) is 52.4 Å². The standard InChI is InChI=1S/C21H42N2/c1-7-15-11-17(9-13(3)19(15)22)21(5,6)18-10-14(4)20(23)16(8-2)12-18/h13-20H,7-12,22-23H2,1-6H3. The van der Waals surface area contributed by atoms with E-state index < -0.39 is 0 Å². The van der Waals surface area contributed by atoms with Crippen LogP contribution in [0.25, 0.3) is 0 Å². The highest BCUT2D eigenvalue weighted by atomic mass is 14.7. The largest absolute Gasteiger partial charge is 0.327 e. The Kier molecular flexibility index (Phi) is 6.22. The van der Waals surface area contributed by atoms with E-state index in [1.165, 1.54) is 38.5 Å². The second-order valence-corrected chi connectivity index (χ2v) is 9.60. The van der Waals surface area contributed by atoms with Gasteiger partial charge in [0.2, 0.25) is 0 Å². The molecule has 8 atom stereocenters. The summed E-state index contributed by atoms with van der Waals surface area (Å²) >= 11 is 0. The van der Waals surface area contributed by atoms with E-state index in [-0.39, 0.29) is 0 Å². The molecule has 2 fully saturated rings. The molecule has 0 aromatic heterocycles. The summed E-state index contributed by atoms with van der Waals surface area (Å²) in [6.45, 7) is 14.5. The van der Waals surface area contributed by atoms with Gasteiger partial charge in [-0.15, -0.1) is 0 Å². The molecule has 136 valence electrons. The third kappa shape index (κ3) is 3.79. The van der Waals surface area contributed by atoms with Gasteiger partial charge < -0.3 is 11.5 Å². The van der Waals surface area contributed by atoms with Crippen molar-refractivity contribution in [1.29, 1.82) is 0 Å². The maximum atomic E-state index is 6.48. The van der Waals surface area contributed by atoms with Crippen LogP contribution in [0.4, 0.5) is 0 Å². The van der Waals surface area contributed by atoms with Gasteiger partial charge in [-0.3, -0.25) is 0 Å². The third-order valence-electron chi connectivity index (χ3n) is 8.04. The lowest BCUT2D eigenvalue weighted by Crippen LogP contribution is -2.50. The van der Waals surface area contributed by atoms with Crippen molar-refractivity contribution in [3.05, 3.63) is 0 Å². The van der Waals surface area contributed by atoms with E-state index in [9.17, 15) is 0 Å². The van der Waals surface area contributed by atoms with Gasteiger partial charge >= 0.3 is 0 Å². The molecular weight excluding hydrogens is 280 g/mol. The molecule has 2 nitrogen and oxygen atoms in total. The SMILES string of the molecule is CCC1CC(C(C)(C)C2CC(C)C(N)C(CC)C2)CC(C)C1N. The fourth-order valence-corrected chi connectivity index (χ4v) is 5.80. The van der Waals surface area contributed by atoms with Crippen molar-refractivity contribution >= 4 is 0 Å². The molecular formula is C21H42N2. The van der Waals surface area contributed by atoms with Crippen molar-refractivity contribution in [3.8, 4) is 0 Å². The summed E-state index contributed by atoms with van der Waals surface area (Å²) < 4.78 is 0.